The first-order valence-corrected chi connectivity index (χ1v) is 4.13. The summed E-state index contributed by atoms with van der Waals surface area (Å²) in [7, 11) is 1.48. The Morgan fingerprint density at radius 3 is 2.23 bits per heavy atom. The second kappa shape index (κ2) is 2.87. The highest BCUT2D eigenvalue weighted by atomic mass is 16.2. The van der Waals surface area contributed by atoms with Gasteiger partial charge in [0.25, 0.3) is 5.56 Å². The molecule has 0 aliphatic rings. The van der Waals surface area contributed by atoms with Crippen LogP contribution >= 0.6 is 0 Å². The number of rotatable bonds is 0. The highest BCUT2D eigenvalue weighted by Gasteiger charge is 2.15. The number of hydrogen-bond donors (Lipinski definition) is 0. The number of hydrogen-bond acceptors (Lipinski definition) is 2. The molecule has 4 nitrogen and oxygen atoms in total. The van der Waals surface area contributed by atoms with Gasteiger partial charge in [-0.05, 0) is 20.8 Å². The van der Waals surface area contributed by atoms with Crippen molar-refractivity contribution >= 4 is 0 Å². The van der Waals surface area contributed by atoms with Gasteiger partial charge in [0.05, 0.1) is 0 Å². The van der Waals surface area contributed by atoms with Gasteiger partial charge in [-0.3, -0.25) is 13.9 Å². The van der Waals surface area contributed by atoms with Crippen molar-refractivity contribution in [1.82, 2.24) is 9.13 Å². The van der Waals surface area contributed by atoms with Crippen molar-refractivity contribution in [2.45, 2.75) is 26.3 Å². The SMILES string of the molecule is Cn1c(=O)ccn(C(C)(C)C)c1=O. The van der Waals surface area contributed by atoms with Gasteiger partial charge in [0.1, 0.15) is 0 Å². The maximum atomic E-state index is 11.6. The van der Waals surface area contributed by atoms with Gasteiger partial charge >= 0.3 is 5.69 Å². The second-order valence-corrected chi connectivity index (χ2v) is 4.04. The third kappa shape index (κ3) is 1.71. The Kier molecular flexibility index (Phi) is 2.15. The summed E-state index contributed by atoms with van der Waals surface area (Å²) < 4.78 is 2.64. The van der Waals surface area contributed by atoms with Gasteiger partial charge in [0.2, 0.25) is 0 Å². The van der Waals surface area contributed by atoms with Crippen LogP contribution in [0.1, 0.15) is 20.8 Å². The zero-order valence-corrected chi connectivity index (χ0v) is 8.37. The molecule has 0 saturated heterocycles. The molecule has 0 aliphatic carbocycles. The van der Waals surface area contributed by atoms with Crippen LogP contribution in [-0.4, -0.2) is 9.13 Å². The Balaban J connectivity index is 3.54. The van der Waals surface area contributed by atoms with E-state index < -0.39 is 0 Å². The lowest BCUT2D eigenvalue weighted by molar-refractivity contribution is 0.367. The zero-order valence-electron chi connectivity index (χ0n) is 8.37. The van der Waals surface area contributed by atoms with Crippen molar-refractivity contribution in [2.75, 3.05) is 0 Å². The van der Waals surface area contributed by atoms with E-state index >= 15 is 0 Å². The van der Waals surface area contributed by atoms with Gasteiger partial charge in [-0.2, -0.15) is 0 Å². The van der Waals surface area contributed by atoms with E-state index in [0.29, 0.717) is 0 Å². The molecule has 0 aliphatic heterocycles. The van der Waals surface area contributed by atoms with Crippen LogP contribution in [0.25, 0.3) is 0 Å². The largest absolute Gasteiger partial charge is 0.331 e. The van der Waals surface area contributed by atoms with Crippen molar-refractivity contribution in [3.8, 4) is 0 Å². The molecular formula is C9H14N2O2. The lowest BCUT2D eigenvalue weighted by Crippen LogP contribution is -2.42. The average molecular weight is 182 g/mol. The normalized spacial score (nSPS) is 11.7. The van der Waals surface area contributed by atoms with Gasteiger partial charge in [-0.25, -0.2) is 4.79 Å². The summed E-state index contributed by atoms with van der Waals surface area (Å²) in [6.07, 6.45) is 1.53. The molecule has 1 aromatic rings. The van der Waals surface area contributed by atoms with Crippen LogP contribution in [-0.2, 0) is 12.6 Å². The summed E-state index contributed by atoms with van der Waals surface area (Å²) in [5.74, 6) is 0. The topological polar surface area (TPSA) is 44.0 Å². The van der Waals surface area contributed by atoms with Crippen molar-refractivity contribution in [1.29, 1.82) is 0 Å². The van der Waals surface area contributed by atoms with Crippen molar-refractivity contribution in [2.24, 2.45) is 7.05 Å². The van der Waals surface area contributed by atoms with Crippen LogP contribution in [0.3, 0.4) is 0 Å². The molecule has 0 amide bonds. The van der Waals surface area contributed by atoms with Gasteiger partial charge in [-0.1, -0.05) is 0 Å². The summed E-state index contributed by atoms with van der Waals surface area (Å²) in [4.78, 5) is 22.6. The van der Waals surface area contributed by atoms with E-state index in [2.05, 4.69) is 0 Å². The molecule has 0 radical (unpaired) electrons. The highest BCUT2D eigenvalue weighted by Crippen LogP contribution is 2.08. The molecular weight excluding hydrogens is 168 g/mol. The molecule has 1 aromatic heterocycles. The fourth-order valence-electron chi connectivity index (χ4n) is 1.08. The van der Waals surface area contributed by atoms with Crippen LogP contribution < -0.4 is 11.2 Å². The highest BCUT2D eigenvalue weighted by molar-refractivity contribution is 4.89. The fraction of sp³-hybridized carbons (Fsp3) is 0.556. The zero-order chi connectivity index (χ0) is 10.2. The predicted molar refractivity (Wildman–Crippen MR) is 50.9 cm³/mol. The average Bonchev–Trinajstić information content (AvgIpc) is 1.98. The molecule has 0 fully saturated rings. The van der Waals surface area contributed by atoms with Crippen LogP contribution in [0.5, 0.6) is 0 Å². The molecule has 1 rings (SSSR count). The first-order valence-electron chi connectivity index (χ1n) is 4.13. The van der Waals surface area contributed by atoms with E-state index in [1.165, 1.54) is 23.9 Å². The minimum absolute atomic E-state index is 0.273. The molecule has 1 heterocycles. The summed E-state index contributed by atoms with van der Waals surface area (Å²) in [6.45, 7) is 5.75. The molecule has 0 unspecified atom stereocenters. The Bertz CT molecular complexity index is 420. The van der Waals surface area contributed by atoms with E-state index in [-0.39, 0.29) is 16.8 Å². The van der Waals surface area contributed by atoms with Crippen LogP contribution in [0, 0.1) is 0 Å². The second-order valence-electron chi connectivity index (χ2n) is 4.04. The monoisotopic (exact) mass is 182 g/mol. The van der Waals surface area contributed by atoms with Crippen LogP contribution in [0.2, 0.25) is 0 Å². The first kappa shape index (κ1) is 9.77. The molecule has 0 N–H and O–H groups in total. The Labute approximate surface area is 76.4 Å². The first-order chi connectivity index (χ1) is 5.84. The van der Waals surface area contributed by atoms with E-state index in [0.717, 1.165) is 4.57 Å². The maximum absolute atomic E-state index is 11.6. The third-order valence-corrected chi connectivity index (χ3v) is 1.91. The minimum Gasteiger partial charge on any atom is -0.295 e. The lowest BCUT2D eigenvalue weighted by Gasteiger charge is -2.22. The fourth-order valence-corrected chi connectivity index (χ4v) is 1.08. The standard InChI is InChI=1S/C9H14N2O2/c1-9(2,3)11-6-5-7(12)10(4)8(11)13/h5-6H,1-4H3. The summed E-state index contributed by atoms with van der Waals surface area (Å²) in [6, 6.07) is 1.40. The van der Waals surface area contributed by atoms with Gasteiger partial charge < -0.3 is 0 Å². The molecule has 0 spiro atoms. The van der Waals surface area contributed by atoms with Gasteiger partial charge in [0, 0.05) is 24.8 Å². The number of nitrogens with zero attached hydrogens (tertiary/aromatic N) is 2. The smallest absolute Gasteiger partial charge is 0.295 e. The third-order valence-electron chi connectivity index (χ3n) is 1.91. The van der Waals surface area contributed by atoms with E-state index in [4.69, 9.17) is 0 Å². The van der Waals surface area contributed by atoms with Gasteiger partial charge in [-0.15, -0.1) is 0 Å². The Morgan fingerprint density at radius 2 is 1.77 bits per heavy atom. The predicted octanol–water partition coefficient (Wildman–Crippen LogP) is 0.302. The molecule has 4 heteroatoms. The van der Waals surface area contributed by atoms with E-state index in [9.17, 15) is 9.59 Å². The summed E-state index contributed by atoms with van der Waals surface area (Å²) >= 11 is 0. The van der Waals surface area contributed by atoms with Crippen molar-refractivity contribution in [3.63, 3.8) is 0 Å². The Morgan fingerprint density at radius 1 is 1.23 bits per heavy atom. The van der Waals surface area contributed by atoms with Gasteiger partial charge in [0.15, 0.2) is 0 Å². The summed E-state index contributed by atoms with van der Waals surface area (Å²) in [5, 5.41) is 0. The number of aromatic nitrogens is 2. The Hall–Kier alpha value is -1.32. The molecule has 0 saturated carbocycles. The van der Waals surface area contributed by atoms with Crippen LogP contribution in [0.4, 0.5) is 0 Å². The molecule has 0 bridgehead atoms. The molecule has 72 valence electrons. The van der Waals surface area contributed by atoms with E-state index in [1.54, 1.807) is 0 Å². The maximum Gasteiger partial charge on any atom is 0.331 e. The van der Waals surface area contributed by atoms with Crippen molar-refractivity contribution in [3.05, 3.63) is 33.1 Å². The van der Waals surface area contributed by atoms with Crippen molar-refractivity contribution < 1.29 is 0 Å². The summed E-state index contributed by atoms with van der Waals surface area (Å²) in [5.41, 5.74) is -0.840. The molecule has 0 atom stereocenters. The minimum atomic E-state index is -0.289. The van der Waals surface area contributed by atoms with E-state index in [1.807, 2.05) is 20.8 Å². The van der Waals surface area contributed by atoms with Crippen LogP contribution in [0.15, 0.2) is 21.9 Å². The molecule has 13 heavy (non-hydrogen) atoms. The lowest BCUT2D eigenvalue weighted by atomic mass is 10.1. The molecule has 0 aromatic carbocycles. The quantitative estimate of drug-likeness (QED) is 0.579.